The molecule has 2 aromatic heterocycles. The van der Waals surface area contributed by atoms with Gasteiger partial charge in [0.15, 0.2) is 5.58 Å². The molecular weight excluding hydrogens is 290 g/mol. The summed E-state index contributed by atoms with van der Waals surface area (Å²) in [6.07, 6.45) is 0.933. The van der Waals surface area contributed by atoms with Gasteiger partial charge in [-0.1, -0.05) is 36.7 Å². The van der Waals surface area contributed by atoms with E-state index in [4.69, 9.17) is 16.0 Å². The molecule has 0 aliphatic rings. The highest BCUT2D eigenvalue weighted by atomic mass is 35.5. The van der Waals surface area contributed by atoms with Gasteiger partial charge in [-0.15, -0.1) is 11.3 Å². The van der Waals surface area contributed by atoms with E-state index in [1.54, 1.807) is 11.3 Å². The Morgan fingerprint density at radius 2 is 2.20 bits per heavy atom. The van der Waals surface area contributed by atoms with Crippen molar-refractivity contribution < 1.29 is 4.42 Å². The van der Waals surface area contributed by atoms with Gasteiger partial charge in [0.1, 0.15) is 5.76 Å². The first kappa shape index (κ1) is 13.7. The SMILES string of the molecule is CCNC(Cc1cccs1)c1cc2cccc(Cl)c2o1. The Hall–Kier alpha value is -1.29. The maximum Gasteiger partial charge on any atom is 0.152 e. The average Bonchev–Trinajstić information content (AvgIpc) is 3.07. The molecule has 1 unspecified atom stereocenters. The van der Waals surface area contributed by atoms with Gasteiger partial charge in [-0.05, 0) is 30.1 Å². The molecule has 3 aromatic rings. The number of hydrogen-bond donors (Lipinski definition) is 1. The van der Waals surface area contributed by atoms with Crippen LogP contribution in [0.4, 0.5) is 0 Å². The Balaban J connectivity index is 1.94. The summed E-state index contributed by atoms with van der Waals surface area (Å²) in [6, 6.07) is 12.3. The first-order chi connectivity index (χ1) is 9.78. The van der Waals surface area contributed by atoms with Crippen molar-refractivity contribution in [2.45, 2.75) is 19.4 Å². The van der Waals surface area contributed by atoms with Crippen LogP contribution in [0.25, 0.3) is 11.0 Å². The lowest BCUT2D eigenvalue weighted by Crippen LogP contribution is -2.22. The lowest BCUT2D eigenvalue weighted by molar-refractivity contribution is 0.436. The Kier molecular flexibility index (Phi) is 4.10. The molecule has 0 saturated carbocycles. The topological polar surface area (TPSA) is 25.2 Å². The summed E-state index contributed by atoms with van der Waals surface area (Å²) < 4.78 is 5.97. The predicted octanol–water partition coefficient (Wildman–Crippen LogP) is 5.04. The standard InChI is InChI=1S/C16H16ClNOS/c1-2-18-14(10-12-6-4-8-20-12)15-9-11-5-3-7-13(17)16(11)19-15/h3-9,14,18H,2,10H2,1H3. The number of halogens is 1. The summed E-state index contributed by atoms with van der Waals surface area (Å²) in [7, 11) is 0. The summed E-state index contributed by atoms with van der Waals surface area (Å²) in [5.41, 5.74) is 0.776. The van der Waals surface area contributed by atoms with Gasteiger partial charge in [-0.2, -0.15) is 0 Å². The molecule has 1 aromatic carbocycles. The third-order valence-corrected chi connectivity index (χ3v) is 4.49. The van der Waals surface area contributed by atoms with Crippen molar-refractivity contribution >= 4 is 33.9 Å². The van der Waals surface area contributed by atoms with Crippen molar-refractivity contribution in [3.8, 4) is 0 Å². The molecule has 1 atom stereocenters. The molecule has 2 nitrogen and oxygen atoms in total. The molecule has 1 N–H and O–H groups in total. The largest absolute Gasteiger partial charge is 0.458 e. The summed E-state index contributed by atoms with van der Waals surface area (Å²) in [5.74, 6) is 0.948. The highest BCUT2D eigenvalue weighted by molar-refractivity contribution is 7.09. The summed E-state index contributed by atoms with van der Waals surface area (Å²) in [4.78, 5) is 1.35. The van der Waals surface area contributed by atoms with E-state index in [0.717, 1.165) is 29.7 Å². The Morgan fingerprint density at radius 3 is 2.90 bits per heavy atom. The van der Waals surface area contributed by atoms with Crippen molar-refractivity contribution in [2.24, 2.45) is 0 Å². The second kappa shape index (κ2) is 6.00. The average molecular weight is 306 g/mol. The minimum absolute atomic E-state index is 0.183. The maximum absolute atomic E-state index is 6.18. The molecule has 0 amide bonds. The molecule has 2 heterocycles. The van der Waals surface area contributed by atoms with Crippen molar-refractivity contribution in [1.29, 1.82) is 0 Å². The molecule has 104 valence electrons. The number of thiophene rings is 1. The summed E-state index contributed by atoms with van der Waals surface area (Å²) in [6.45, 7) is 3.01. The Morgan fingerprint density at radius 1 is 1.30 bits per heavy atom. The number of fused-ring (bicyclic) bond motifs is 1. The number of para-hydroxylation sites is 1. The number of hydrogen-bond acceptors (Lipinski definition) is 3. The van der Waals surface area contributed by atoms with Gasteiger partial charge in [0.2, 0.25) is 0 Å². The van der Waals surface area contributed by atoms with Crippen LogP contribution < -0.4 is 5.32 Å². The normalized spacial score (nSPS) is 12.9. The van der Waals surface area contributed by atoms with E-state index in [1.165, 1.54) is 4.88 Å². The van der Waals surface area contributed by atoms with Gasteiger partial charge >= 0.3 is 0 Å². The predicted molar refractivity (Wildman–Crippen MR) is 85.7 cm³/mol. The molecule has 0 saturated heterocycles. The molecular formula is C16H16ClNOS. The lowest BCUT2D eigenvalue weighted by Gasteiger charge is -2.14. The van der Waals surface area contributed by atoms with E-state index in [9.17, 15) is 0 Å². The number of benzene rings is 1. The van der Waals surface area contributed by atoms with Crippen LogP contribution in [0.5, 0.6) is 0 Å². The van der Waals surface area contributed by atoms with Gasteiger partial charge in [0.05, 0.1) is 11.1 Å². The van der Waals surface area contributed by atoms with Gasteiger partial charge in [0.25, 0.3) is 0 Å². The minimum Gasteiger partial charge on any atom is -0.458 e. The van der Waals surface area contributed by atoms with E-state index < -0.39 is 0 Å². The summed E-state index contributed by atoms with van der Waals surface area (Å²) in [5, 5.41) is 7.32. The maximum atomic E-state index is 6.18. The zero-order chi connectivity index (χ0) is 13.9. The Bertz CT molecular complexity index is 690. The van der Waals surface area contributed by atoms with Gasteiger partial charge < -0.3 is 9.73 Å². The van der Waals surface area contributed by atoms with Crippen molar-refractivity contribution in [3.63, 3.8) is 0 Å². The van der Waals surface area contributed by atoms with Crippen molar-refractivity contribution in [1.82, 2.24) is 5.32 Å². The molecule has 0 radical (unpaired) electrons. The fourth-order valence-electron chi connectivity index (χ4n) is 2.37. The van der Waals surface area contributed by atoms with Crippen LogP contribution in [0.1, 0.15) is 23.6 Å². The van der Waals surface area contributed by atoms with E-state index in [2.05, 4.69) is 35.8 Å². The number of nitrogens with one attached hydrogen (secondary N) is 1. The summed E-state index contributed by atoms with van der Waals surface area (Å²) >= 11 is 7.96. The number of furan rings is 1. The van der Waals surface area contributed by atoms with Gasteiger partial charge in [-0.25, -0.2) is 0 Å². The third kappa shape index (κ3) is 2.75. The fourth-order valence-corrected chi connectivity index (χ4v) is 3.34. The second-order valence-electron chi connectivity index (χ2n) is 4.70. The second-order valence-corrected chi connectivity index (χ2v) is 6.14. The van der Waals surface area contributed by atoms with Crippen LogP contribution in [0, 0.1) is 0 Å². The van der Waals surface area contributed by atoms with Crippen molar-refractivity contribution in [3.05, 3.63) is 57.4 Å². The third-order valence-electron chi connectivity index (χ3n) is 3.29. The van der Waals surface area contributed by atoms with Gasteiger partial charge in [-0.3, -0.25) is 0 Å². The zero-order valence-electron chi connectivity index (χ0n) is 11.2. The van der Waals surface area contributed by atoms with Crippen LogP contribution in [0.3, 0.4) is 0 Å². The molecule has 0 aliphatic heterocycles. The number of rotatable bonds is 5. The van der Waals surface area contributed by atoms with E-state index in [0.29, 0.717) is 5.02 Å². The quantitative estimate of drug-likeness (QED) is 0.714. The Labute approximate surface area is 127 Å². The van der Waals surface area contributed by atoms with E-state index in [-0.39, 0.29) is 6.04 Å². The van der Waals surface area contributed by atoms with Crippen LogP contribution >= 0.6 is 22.9 Å². The van der Waals surface area contributed by atoms with Gasteiger partial charge in [0, 0.05) is 16.7 Å². The lowest BCUT2D eigenvalue weighted by atomic mass is 10.1. The number of likely N-dealkylation sites (N-methyl/N-ethyl adjacent to an activating group) is 1. The molecule has 0 aliphatic carbocycles. The molecule has 4 heteroatoms. The smallest absolute Gasteiger partial charge is 0.152 e. The molecule has 0 bridgehead atoms. The zero-order valence-corrected chi connectivity index (χ0v) is 12.8. The molecule has 0 fully saturated rings. The van der Waals surface area contributed by atoms with Crippen LogP contribution in [-0.4, -0.2) is 6.54 Å². The van der Waals surface area contributed by atoms with Crippen LogP contribution in [-0.2, 0) is 6.42 Å². The van der Waals surface area contributed by atoms with E-state index >= 15 is 0 Å². The van der Waals surface area contributed by atoms with Crippen LogP contribution in [0.15, 0.2) is 46.2 Å². The fraction of sp³-hybridized carbons (Fsp3) is 0.250. The molecule has 0 spiro atoms. The molecule has 20 heavy (non-hydrogen) atoms. The highest BCUT2D eigenvalue weighted by Gasteiger charge is 2.17. The van der Waals surface area contributed by atoms with Crippen molar-refractivity contribution in [2.75, 3.05) is 6.54 Å². The first-order valence-electron chi connectivity index (χ1n) is 6.71. The highest BCUT2D eigenvalue weighted by Crippen LogP contribution is 2.31. The van der Waals surface area contributed by atoms with E-state index in [1.807, 2.05) is 18.2 Å². The monoisotopic (exact) mass is 305 g/mol. The van der Waals surface area contributed by atoms with Crippen LogP contribution in [0.2, 0.25) is 5.02 Å². The molecule has 3 rings (SSSR count). The minimum atomic E-state index is 0.183. The first-order valence-corrected chi connectivity index (χ1v) is 7.97.